The highest BCUT2D eigenvalue weighted by atomic mass is 35.5. The van der Waals surface area contributed by atoms with Crippen LogP contribution in [0, 0.1) is 0 Å². The van der Waals surface area contributed by atoms with Crippen molar-refractivity contribution in [1.29, 1.82) is 0 Å². The van der Waals surface area contributed by atoms with Gasteiger partial charge in [-0.05, 0) is 49.6 Å². The summed E-state index contributed by atoms with van der Waals surface area (Å²) in [6, 6.07) is 8.77. The van der Waals surface area contributed by atoms with Crippen molar-refractivity contribution >= 4 is 46.4 Å². The molecule has 0 saturated carbocycles. The van der Waals surface area contributed by atoms with E-state index in [1.165, 1.54) is 0 Å². The molecule has 0 amide bonds. The van der Waals surface area contributed by atoms with Gasteiger partial charge in [-0.2, -0.15) is 0 Å². The largest absolute Gasteiger partial charge is 0.490 e. The average Bonchev–Trinajstić information content (AvgIpc) is 2.84. The third-order valence-corrected chi connectivity index (χ3v) is 7.56. The van der Waals surface area contributed by atoms with Crippen LogP contribution in [0.5, 0.6) is 11.5 Å². The summed E-state index contributed by atoms with van der Waals surface area (Å²) >= 11 is 19.1. The van der Waals surface area contributed by atoms with E-state index in [4.69, 9.17) is 49.0 Å². The van der Waals surface area contributed by atoms with Gasteiger partial charge in [0.2, 0.25) is 0 Å². The van der Waals surface area contributed by atoms with Crippen LogP contribution in [-0.2, 0) is 20.9 Å². The molecule has 0 fully saturated rings. The number of Topliss-reactive ketones (excluding diaryl/α,β-unsaturated/α-hetero) is 2. The molecule has 0 spiro atoms. The maximum absolute atomic E-state index is 13.1. The van der Waals surface area contributed by atoms with E-state index in [-0.39, 0.29) is 18.2 Å². The molecule has 0 bridgehead atoms. The molecule has 5 rings (SSSR count). The molecule has 0 saturated heterocycles. The quantitative estimate of drug-likeness (QED) is 0.370. The Morgan fingerprint density at radius 2 is 1.53 bits per heavy atom. The lowest BCUT2D eigenvalue weighted by atomic mass is 9.73. The summed E-state index contributed by atoms with van der Waals surface area (Å²) in [5.74, 6) is 1.66. The molecule has 3 aliphatic rings. The topological polar surface area (TPSA) is 61.8 Å². The summed E-state index contributed by atoms with van der Waals surface area (Å²) < 4.78 is 18.1. The number of ether oxygens (including phenoxy) is 3. The van der Waals surface area contributed by atoms with Gasteiger partial charge in [-0.15, -0.1) is 0 Å². The van der Waals surface area contributed by atoms with E-state index < -0.39 is 5.92 Å². The summed E-state index contributed by atoms with van der Waals surface area (Å²) in [6.07, 6.45) is 3.71. The minimum atomic E-state index is -0.527. The van der Waals surface area contributed by atoms with E-state index in [0.717, 1.165) is 18.4 Å². The van der Waals surface area contributed by atoms with Gasteiger partial charge in [0, 0.05) is 58.4 Å². The number of ketones is 2. The van der Waals surface area contributed by atoms with Crippen molar-refractivity contribution in [2.75, 3.05) is 6.61 Å². The molecule has 5 nitrogen and oxygen atoms in total. The van der Waals surface area contributed by atoms with Crippen molar-refractivity contribution in [2.24, 2.45) is 0 Å². The van der Waals surface area contributed by atoms with Crippen molar-refractivity contribution < 1.29 is 23.8 Å². The van der Waals surface area contributed by atoms with Gasteiger partial charge in [-0.3, -0.25) is 9.59 Å². The average molecular weight is 548 g/mol. The van der Waals surface area contributed by atoms with Gasteiger partial charge in [-0.1, -0.05) is 40.9 Å². The van der Waals surface area contributed by atoms with Crippen LogP contribution in [0.1, 0.15) is 62.5 Å². The normalized spacial score (nSPS) is 18.1. The molecular formula is C28H25Cl3O5. The number of rotatable bonds is 6. The Balaban J connectivity index is 1.57. The number of carbonyl (C=O) groups excluding carboxylic acids is 2. The van der Waals surface area contributed by atoms with Gasteiger partial charge in [0.15, 0.2) is 23.1 Å². The number of carbonyl (C=O) groups is 2. The molecule has 0 N–H and O–H groups in total. The maximum atomic E-state index is 13.1. The van der Waals surface area contributed by atoms with E-state index in [1.54, 1.807) is 24.3 Å². The van der Waals surface area contributed by atoms with Crippen LogP contribution in [-0.4, -0.2) is 18.2 Å². The fourth-order valence-corrected chi connectivity index (χ4v) is 5.83. The highest BCUT2D eigenvalue weighted by Crippen LogP contribution is 2.50. The molecule has 0 radical (unpaired) electrons. The van der Waals surface area contributed by atoms with Gasteiger partial charge < -0.3 is 14.2 Å². The lowest BCUT2D eigenvalue weighted by molar-refractivity contribution is -0.117. The van der Waals surface area contributed by atoms with Gasteiger partial charge in [-0.25, -0.2) is 0 Å². The molecule has 1 aliphatic heterocycles. The molecule has 36 heavy (non-hydrogen) atoms. The van der Waals surface area contributed by atoms with E-state index in [2.05, 4.69) is 0 Å². The van der Waals surface area contributed by atoms with E-state index >= 15 is 0 Å². The molecule has 1 heterocycles. The first-order chi connectivity index (χ1) is 17.4. The minimum Gasteiger partial charge on any atom is -0.490 e. The highest BCUT2D eigenvalue weighted by Gasteiger charge is 2.42. The second kappa shape index (κ2) is 10.5. The first-order valence-corrected chi connectivity index (χ1v) is 13.2. The van der Waals surface area contributed by atoms with E-state index in [1.807, 2.05) is 13.0 Å². The highest BCUT2D eigenvalue weighted by molar-refractivity contribution is 6.35. The third-order valence-electron chi connectivity index (χ3n) is 6.69. The zero-order valence-corrected chi connectivity index (χ0v) is 22.1. The van der Waals surface area contributed by atoms with Crippen LogP contribution in [0.3, 0.4) is 0 Å². The molecule has 2 aliphatic carbocycles. The lowest BCUT2D eigenvalue weighted by Crippen LogP contribution is -2.30. The molecule has 0 atom stereocenters. The summed E-state index contributed by atoms with van der Waals surface area (Å²) in [4.78, 5) is 26.2. The predicted molar refractivity (Wildman–Crippen MR) is 139 cm³/mol. The predicted octanol–water partition coefficient (Wildman–Crippen LogP) is 7.75. The zero-order valence-electron chi connectivity index (χ0n) is 19.8. The number of benzene rings is 2. The second-order valence-electron chi connectivity index (χ2n) is 9.05. The van der Waals surface area contributed by atoms with Gasteiger partial charge in [0.1, 0.15) is 18.1 Å². The van der Waals surface area contributed by atoms with Crippen LogP contribution in [0.15, 0.2) is 53.0 Å². The Labute approximate surface area is 225 Å². The summed E-state index contributed by atoms with van der Waals surface area (Å²) in [6.45, 7) is 2.41. The smallest absolute Gasteiger partial charge is 0.180 e. The first-order valence-electron chi connectivity index (χ1n) is 12.1. The molecular weight excluding hydrogens is 523 g/mol. The molecule has 2 aromatic rings. The van der Waals surface area contributed by atoms with Crippen LogP contribution < -0.4 is 9.47 Å². The number of hydrogen-bond acceptors (Lipinski definition) is 5. The molecule has 2 aromatic carbocycles. The second-order valence-corrected chi connectivity index (χ2v) is 10.3. The Kier molecular flexibility index (Phi) is 7.34. The Morgan fingerprint density at radius 1 is 0.861 bits per heavy atom. The minimum absolute atomic E-state index is 0.0120. The SMILES string of the molecule is CCOc1cc(C2C3=C(CCCC3=O)OC3=C2C(=O)CCC3)cc(Cl)c1OCc1ccc(Cl)cc1Cl. The van der Waals surface area contributed by atoms with Gasteiger partial charge in [0.05, 0.1) is 11.6 Å². The van der Waals surface area contributed by atoms with Crippen LogP contribution in [0.2, 0.25) is 15.1 Å². The van der Waals surface area contributed by atoms with Crippen LogP contribution in [0.25, 0.3) is 0 Å². The fraction of sp³-hybridized carbons (Fsp3) is 0.357. The Morgan fingerprint density at radius 3 is 2.14 bits per heavy atom. The molecule has 0 aromatic heterocycles. The maximum Gasteiger partial charge on any atom is 0.180 e. The zero-order chi connectivity index (χ0) is 25.4. The van der Waals surface area contributed by atoms with Crippen LogP contribution in [0.4, 0.5) is 0 Å². The third kappa shape index (κ3) is 4.77. The molecule has 8 heteroatoms. The van der Waals surface area contributed by atoms with E-state index in [9.17, 15) is 9.59 Å². The van der Waals surface area contributed by atoms with Crippen molar-refractivity contribution in [1.82, 2.24) is 0 Å². The summed E-state index contributed by atoms with van der Waals surface area (Å²) in [5, 5.41) is 1.35. The summed E-state index contributed by atoms with van der Waals surface area (Å²) in [5.41, 5.74) is 2.60. The van der Waals surface area contributed by atoms with E-state index in [0.29, 0.717) is 87.1 Å². The van der Waals surface area contributed by atoms with Crippen molar-refractivity contribution in [3.8, 4) is 11.5 Å². The Bertz CT molecular complexity index is 1270. The molecule has 188 valence electrons. The van der Waals surface area contributed by atoms with Gasteiger partial charge in [0.25, 0.3) is 0 Å². The fourth-order valence-electron chi connectivity index (χ4n) is 5.10. The van der Waals surface area contributed by atoms with Gasteiger partial charge >= 0.3 is 0 Å². The van der Waals surface area contributed by atoms with Crippen molar-refractivity contribution in [2.45, 2.75) is 58.0 Å². The Hall–Kier alpha value is -2.47. The number of hydrogen-bond donors (Lipinski definition) is 0. The van der Waals surface area contributed by atoms with Crippen LogP contribution >= 0.6 is 34.8 Å². The number of halogens is 3. The number of allylic oxidation sites excluding steroid dienone is 4. The first kappa shape index (κ1) is 25.2. The van der Waals surface area contributed by atoms with Crippen molar-refractivity contribution in [3.05, 3.63) is 79.2 Å². The monoisotopic (exact) mass is 546 g/mol. The summed E-state index contributed by atoms with van der Waals surface area (Å²) in [7, 11) is 0. The molecule has 0 unspecified atom stereocenters. The standard InChI is InChI=1S/C28H25Cl3O5/c1-2-34-24-12-16(11-19(31)28(24)35-14-15-9-10-17(29)13-18(15)30)25-26-20(32)5-3-7-22(26)36-23-8-4-6-21(33)27(23)25/h9-13,25H,2-8,14H2,1H3. The van der Waals surface area contributed by atoms with Crippen molar-refractivity contribution in [3.63, 3.8) is 0 Å². The lowest BCUT2D eigenvalue weighted by Gasteiger charge is -2.36.